The molecule has 2 aromatic carbocycles. The van der Waals surface area contributed by atoms with Crippen LogP contribution >= 0.6 is 0 Å². The first kappa shape index (κ1) is 18.3. The van der Waals surface area contributed by atoms with Crippen LogP contribution in [0.1, 0.15) is 28.4 Å². The molecule has 0 saturated carbocycles. The van der Waals surface area contributed by atoms with Crippen LogP contribution in [-0.4, -0.2) is 28.8 Å². The summed E-state index contributed by atoms with van der Waals surface area (Å²) in [5.74, 6) is -1.27. The highest BCUT2D eigenvalue weighted by molar-refractivity contribution is 5.94. The van der Waals surface area contributed by atoms with Crippen molar-refractivity contribution in [2.24, 2.45) is 0 Å². The van der Waals surface area contributed by atoms with Crippen molar-refractivity contribution in [2.45, 2.75) is 12.5 Å². The summed E-state index contributed by atoms with van der Waals surface area (Å²) in [7, 11) is 1.27. The second-order valence-electron chi connectivity index (χ2n) is 5.87. The van der Waals surface area contributed by atoms with E-state index < -0.39 is 23.7 Å². The first-order valence-corrected chi connectivity index (χ1v) is 8.30. The van der Waals surface area contributed by atoms with Crippen LogP contribution in [0.5, 0.6) is 0 Å². The van der Waals surface area contributed by atoms with Crippen LogP contribution in [0.15, 0.2) is 67.0 Å². The quantitative estimate of drug-likeness (QED) is 0.680. The molecule has 0 fully saturated rings. The molecule has 0 aliphatic heterocycles. The molecule has 0 aliphatic carbocycles. The number of para-hydroxylation sites is 1. The van der Waals surface area contributed by atoms with Gasteiger partial charge in [-0.05, 0) is 29.8 Å². The maximum Gasteiger partial charge on any atom is 0.307 e. The monoisotopic (exact) mass is 367 g/mol. The summed E-state index contributed by atoms with van der Waals surface area (Å²) in [5, 5.41) is 6.97. The lowest BCUT2D eigenvalue weighted by Crippen LogP contribution is -2.30. The van der Waals surface area contributed by atoms with Gasteiger partial charge in [-0.3, -0.25) is 9.59 Å². The first-order chi connectivity index (χ1) is 13.1. The highest BCUT2D eigenvalue weighted by Gasteiger charge is 2.20. The van der Waals surface area contributed by atoms with E-state index in [9.17, 15) is 14.0 Å². The summed E-state index contributed by atoms with van der Waals surface area (Å²) in [6.45, 7) is 0. The van der Waals surface area contributed by atoms with E-state index in [2.05, 4.69) is 10.4 Å². The summed E-state index contributed by atoms with van der Waals surface area (Å²) in [6, 6.07) is 14.3. The van der Waals surface area contributed by atoms with Crippen LogP contribution in [0.3, 0.4) is 0 Å². The zero-order valence-electron chi connectivity index (χ0n) is 14.6. The second kappa shape index (κ2) is 8.27. The molecule has 0 bridgehead atoms. The highest BCUT2D eigenvalue weighted by atomic mass is 19.1. The molecular formula is C20H18FN3O3. The largest absolute Gasteiger partial charge is 0.469 e. The van der Waals surface area contributed by atoms with Crippen molar-refractivity contribution < 1.29 is 18.7 Å². The van der Waals surface area contributed by atoms with Crippen molar-refractivity contribution in [1.82, 2.24) is 15.1 Å². The number of nitrogens with zero attached hydrogens (tertiary/aromatic N) is 2. The number of carbonyl (C=O) groups is 2. The van der Waals surface area contributed by atoms with Gasteiger partial charge in [-0.25, -0.2) is 9.07 Å². The van der Waals surface area contributed by atoms with E-state index in [1.165, 1.54) is 37.6 Å². The zero-order chi connectivity index (χ0) is 19.2. The van der Waals surface area contributed by atoms with Gasteiger partial charge in [-0.15, -0.1) is 0 Å². The van der Waals surface area contributed by atoms with E-state index in [1.54, 1.807) is 10.9 Å². The Hall–Kier alpha value is -3.48. The lowest BCUT2D eigenvalue weighted by atomic mass is 10.0. The number of rotatable bonds is 6. The average molecular weight is 367 g/mol. The number of aromatic nitrogens is 2. The number of nitrogens with one attached hydrogen (secondary N) is 1. The van der Waals surface area contributed by atoms with Crippen molar-refractivity contribution in [3.05, 3.63) is 83.9 Å². The van der Waals surface area contributed by atoms with Gasteiger partial charge in [0.1, 0.15) is 5.82 Å². The molecule has 6 nitrogen and oxygen atoms in total. The minimum atomic E-state index is -0.648. The number of benzene rings is 2. The molecule has 1 N–H and O–H groups in total. The third-order valence-corrected chi connectivity index (χ3v) is 4.04. The number of hydrogen-bond acceptors (Lipinski definition) is 4. The molecule has 1 aromatic heterocycles. The van der Waals surface area contributed by atoms with Gasteiger partial charge in [-0.1, -0.05) is 30.3 Å². The van der Waals surface area contributed by atoms with Gasteiger partial charge in [0.2, 0.25) is 0 Å². The van der Waals surface area contributed by atoms with Crippen molar-refractivity contribution >= 4 is 11.9 Å². The minimum absolute atomic E-state index is 0.0688. The lowest BCUT2D eigenvalue weighted by molar-refractivity contribution is -0.141. The molecule has 27 heavy (non-hydrogen) atoms. The minimum Gasteiger partial charge on any atom is -0.469 e. The van der Waals surface area contributed by atoms with Crippen molar-refractivity contribution in [3.63, 3.8) is 0 Å². The number of ether oxygens (including phenoxy) is 1. The maximum absolute atomic E-state index is 13.2. The highest BCUT2D eigenvalue weighted by Crippen LogP contribution is 2.19. The fourth-order valence-electron chi connectivity index (χ4n) is 2.60. The van der Waals surface area contributed by atoms with E-state index in [0.717, 1.165) is 5.69 Å². The summed E-state index contributed by atoms with van der Waals surface area (Å²) in [5.41, 5.74) is 1.77. The molecule has 1 amide bonds. The Morgan fingerprint density at radius 3 is 2.52 bits per heavy atom. The third kappa shape index (κ3) is 4.58. The van der Waals surface area contributed by atoms with Crippen molar-refractivity contribution in [2.75, 3.05) is 7.11 Å². The Bertz CT molecular complexity index is 923. The topological polar surface area (TPSA) is 73.2 Å². The molecule has 0 saturated heterocycles. The molecule has 0 spiro atoms. The fourth-order valence-corrected chi connectivity index (χ4v) is 2.60. The number of carbonyl (C=O) groups excluding carboxylic acids is 2. The van der Waals surface area contributed by atoms with Gasteiger partial charge >= 0.3 is 5.97 Å². The normalized spacial score (nSPS) is 11.6. The molecule has 0 unspecified atom stereocenters. The molecule has 138 valence electrons. The van der Waals surface area contributed by atoms with Gasteiger partial charge in [0.05, 0.1) is 37.0 Å². The standard InChI is InChI=1S/C20H18FN3O3/c1-27-19(25)11-18(14-7-9-16(21)10-8-14)23-20(26)15-12-22-24(13-15)17-5-3-2-4-6-17/h2-10,12-13,18H,11H2,1H3,(H,23,26)/t18-/m0/s1. The number of halogens is 1. The van der Waals surface area contributed by atoms with Crippen molar-refractivity contribution in [3.8, 4) is 5.69 Å². The van der Waals surface area contributed by atoms with E-state index in [0.29, 0.717) is 11.1 Å². The van der Waals surface area contributed by atoms with Crippen LogP contribution in [0.4, 0.5) is 4.39 Å². The summed E-state index contributed by atoms with van der Waals surface area (Å²) >= 11 is 0. The molecular weight excluding hydrogens is 349 g/mol. The lowest BCUT2D eigenvalue weighted by Gasteiger charge is -2.17. The zero-order valence-corrected chi connectivity index (χ0v) is 14.6. The van der Waals surface area contributed by atoms with Crippen LogP contribution in [-0.2, 0) is 9.53 Å². The van der Waals surface area contributed by atoms with E-state index in [4.69, 9.17) is 4.74 Å². The molecule has 3 rings (SSSR count). The summed E-state index contributed by atoms with van der Waals surface area (Å²) in [6.07, 6.45) is 2.98. The molecule has 3 aromatic rings. The van der Waals surface area contributed by atoms with Crippen LogP contribution in [0.2, 0.25) is 0 Å². The predicted octanol–water partition coefficient (Wildman–Crippen LogP) is 3.05. The van der Waals surface area contributed by atoms with Gasteiger partial charge in [-0.2, -0.15) is 5.10 Å². The Morgan fingerprint density at radius 1 is 1.15 bits per heavy atom. The second-order valence-corrected chi connectivity index (χ2v) is 5.87. The van der Waals surface area contributed by atoms with Crippen LogP contribution in [0, 0.1) is 5.82 Å². The molecule has 7 heteroatoms. The van der Waals surface area contributed by atoms with E-state index >= 15 is 0 Å². The number of amides is 1. The van der Waals surface area contributed by atoms with E-state index in [-0.39, 0.29) is 6.42 Å². The number of esters is 1. The summed E-state index contributed by atoms with van der Waals surface area (Å²) in [4.78, 5) is 24.3. The average Bonchev–Trinajstić information content (AvgIpc) is 3.19. The molecule has 0 radical (unpaired) electrons. The Kier molecular flexibility index (Phi) is 5.61. The number of hydrogen-bond donors (Lipinski definition) is 1. The van der Waals surface area contributed by atoms with E-state index in [1.807, 2.05) is 30.3 Å². The Morgan fingerprint density at radius 2 is 1.85 bits per heavy atom. The third-order valence-electron chi connectivity index (χ3n) is 4.04. The summed E-state index contributed by atoms with van der Waals surface area (Å²) < 4.78 is 19.5. The molecule has 1 heterocycles. The van der Waals surface area contributed by atoms with Gasteiger partial charge in [0.15, 0.2) is 0 Å². The van der Waals surface area contributed by atoms with Crippen molar-refractivity contribution in [1.29, 1.82) is 0 Å². The molecule has 1 atom stereocenters. The van der Waals surface area contributed by atoms with Gasteiger partial charge < -0.3 is 10.1 Å². The first-order valence-electron chi connectivity index (χ1n) is 8.30. The predicted molar refractivity (Wildman–Crippen MR) is 96.8 cm³/mol. The van der Waals surface area contributed by atoms with Gasteiger partial charge in [0, 0.05) is 6.20 Å². The number of methoxy groups -OCH3 is 1. The smallest absolute Gasteiger partial charge is 0.307 e. The fraction of sp³-hybridized carbons (Fsp3) is 0.150. The maximum atomic E-state index is 13.2. The molecule has 0 aliphatic rings. The Labute approximate surface area is 155 Å². The Balaban J connectivity index is 1.79. The van der Waals surface area contributed by atoms with Crippen LogP contribution < -0.4 is 5.32 Å². The van der Waals surface area contributed by atoms with Crippen LogP contribution in [0.25, 0.3) is 5.69 Å². The van der Waals surface area contributed by atoms with Gasteiger partial charge in [0.25, 0.3) is 5.91 Å². The SMILES string of the molecule is COC(=O)C[C@H](NC(=O)c1cnn(-c2ccccc2)c1)c1ccc(F)cc1.